The number of nitriles is 1. The van der Waals surface area contributed by atoms with Gasteiger partial charge in [0.1, 0.15) is 17.4 Å². The second kappa shape index (κ2) is 9.35. The molecule has 0 saturated heterocycles. The van der Waals surface area contributed by atoms with Gasteiger partial charge >= 0.3 is 0 Å². The number of phenolic OH excluding ortho intramolecular Hbond substituents is 1. The van der Waals surface area contributed by atoms with Gasteiger partial charge in [-0.15, -0.1) is 0 Å². The van der Waals surface area contributed by atoms with Gasteiger partial charge in [-0.3, -0.25) is 0 Å². The molecule has 0 bridgehead atoms. The first-order valence-electron chi connectivity index (χ1n) is 10.2. The van der Waals surface area contributed by atoms with Crippen LogP contribution in [0, 0.1) is 25.2 Å². The van der Waals surface area contributed by atoms with Crippen molar-refractivity contribution in [2.75, 3.05) is 7.11 Å². The summed E-state index contributed by atoms with van der Waals surface area (Å²) in [5, 5.41) is 20.1. The van der Waals surface area contributed by atoms with E-state index in [0.717, 1.165) is 22.3 Å². The Kier molecular flexibility index (Phi) is 6.34. The quantitative estimate of drug-likeness (QED) is 0.291. The van der Waals surface area contributed by atoms with Crippen LogP contribution >= 0.6 is 15.9 Å². The van der Waals surface area contributed by atoms with Gasteiger partial charge in [-0.05, 0) is 53.0 Å². The number of rotatable bonds is 5. The second-order valence-corrected chi connectivity index (χ2v) is 8.50. The van der Waals surface area contributed by atoms with Gasteiger partial charge in [-0.1, -0.05) is 59.7 Å². The van der Waals surface area contributed by atoms with Crippen LogP contribution in [-0.2, 0) is 0 Å². The van der Waals surface area contributed by atoms with Crippen LogP contribution in [0.4, 0.5) is 5.88 Å². The van der Waals surface area contributed by atoms with Gasteiger partial charge in [0.15, 0.2) is 11.5 Å². The van der Waals surface area contributed by atoms with E-state index in [1.165, 1.54) is 7.11 Å². The van der Waals surface area contributed by atoms with Crippen molar-refractivity contribution in [3.8, 4) is 40.0 Å². The lowest BCUT2D eigenvalue weighted by Crippen LogP contribution is -1.88. The van der Waals surface area contributed by atoms with Crippen LogP contribution in [0.15, 0.2) is 74.5 Å². The fourth-order valence-corrected chi connectivity index (χ4v) is 3.93. The fraction of sp³-hybridized carbons (Fsp3) is 0.111. The van der Waals surface area contributed by atoms with Crippen molar-refractivity contribution >= 4 is 28.0 Å². The maximum Gasteiger partial charge on any atom is 0.238 e. The molecular formula is C27H21BrN2O3. The Morgan fingerprint density at radius 1 is 1.00 bits per heavy atom. The van der Waals surface area contributed by atoms with E-state index in [0.29, 0.717) is 32.7 Å². The average molecular weight is 501 g/mol. The van der Waals surface area contributed by atoms with Gasteiger partial charge in [0, 0.05) is 17.3 Å². The van der Waals surface area contributed by atoms with Crippen molar-refractivity contribution in [2.24, 2.45) is 4.99 Å². The van der Waals surface area contributed by atoms with E-state index in [1.54, 1.807) is 18.3 Å². The van der Waals surface area contributed by atoms with Gasteiger partial charge in [0.25, 0.3) is 0 Å². The summed E-state index contributed by atoms with van der Waals surface area (Å²) in [6, 6.07) is 21.6. The number of aliphatic imine (C=N–C) groups is 1. The highest BCUT2D eigenvalue weighted by Gasteiger charge is 2.22. The number of aromatic hydroxyl groups is 1. The van der Waals surface area contributed by atoms with Crippen molar-refractivity contribution in [2.45, 2.75) is 13.8 Å². The summed E-state index contributed by atoms with van der Waals surface area (Å²) in [6.45, 7) is 4.04. The van der Waals surface area contributed by atoms with Crippen molar-refractivity contribution in [3.63, 3.8) is 0 Å². The summed E-state index contributed by atoms with van der Waals surface area (Å²) in [7, 11) is 1.48. The molecule has 0 unspecified atom stereocenters. The van der Waals surface area contributed by atoms with Crippen molar-refractivity contribution in [1.29, 1.82) is 5.26 Å². The lowest BCUT2D eigenvalue weighted by Gasteiger charge is -2.06. The number of benzene rings is 3. The molecule has 0 amide bonds. The zero-order chi connectivity index (χ0) is 23.5. The second-order valence-electron chi connectivity index (χ2n) is 7.64. The zero-order valence-electron chi connectivity index (χ0n) is 18.4. The Morgan fingerprint density at radius 2 is 1.61 bits per heavy atom. The minimum absolute atomic E-state index is 0.00803. The van der Waals surface area contributed by atoms with Crippen LogP contribution in [0.2, 0.25) is 0 Å². The van der Waals surface area contributed by atoms with Crippen molar-refractivity contribution in [3.05, 3.63) is 87.4 Å². The minimum Gasteiger partial charge on any atom is -0.503 e. The molecule has 0 aliphatic heterocycles. The molecular weight excluding hydrogens is 480 g/mol. The Morgan fingerprint density at radius 3 is 2.18 bits per heavy atom. The molecule has 5 nitrogen and oxygen atoms in total. The summed E-state index contributed by atoms with van der Waals surface area (Å²) in [6.07, 6.45) is 1.57. The highest BCUT2D eigenvalue weighted by atomic mass is 79.9. The van der Waals surface area contributed by atoms with Crippen LogP contribution in [0.3, 0.4) is 0 Å². The van der Waals surface area contributed by atoms with Crippen molar-refractivity contribution in [1.82, 2.24) is 0 Å². The number of hydrogen-bond acceptors (Lipinski definition) is 5. The number of ether oxygens (including phenoxy) is 1. The van der Waals surface area contributed by atoms with E-state index in [9.17, 15) is 10.4 Å². The van der Waals surface area contributed by atoms with Crippen LogP contribution in [0.5, 0.6) is 11.5 Å². The summed E-state index contributed by atoms with van der Waals surface area (Å²) >= 11 is 3.31. The molecule has 164 valence electrons. The number of nitrogens with zero attached hydrogens (tertiary/aromatic N) is 2. The van der Waals surface area contributed by atoms with Crippen LogP contribution in [0.25, 0.3) is 22.5 Å². The number of aryl methyl sites for hydroxylation is 2. The molecule has 6 heteroatoms. The third-order valence-corrected chi connectivity index (χ3v) is 5.86. The number of halogens is 1. The molecule has 33 heavy (non-hydrogen) atoms. The maximum atomic E-state index is 10.0. The molecule has 0 saturated carbocycles. The summed E-state index contributed by atoms with van der Waals surface area (Å²) in [5.41, 5.74) is 5.74. The normalized spacial score (nSPS) is 11.0. The van der Waals surface area contributed by atoms with Crippen molar-refractivity contribution < 1.29 is 14.3 Å². The van der Waals surface area contributed by atoms with Gasteiger partial charge in [0.05, 0.1) is 11.6 Å². The molecule has 0 atom stereocenters. The lowest BCUT2D eigenvalue weighted by molar-refractivity contribution is 0.372. The summed E-state index contributed by atoms with van der Waals surface area (Å²) < 4.78 is 11.8. The third kappa shape index (κ3) is 4.55. The molecule has 0 fully saturated rings. The molecule has 0 aliphatic rings. The van der Waals surface area contributed by atoms with Gasteiger partial charge in [0.2, 0.25) is 5.88 Å². The number of methoxy groups -OCH3 is 1. The molecule has 3 aromatic carbocycles. The van der Waals surface area contributed by atoms with Crippen LogP contribution < -0.4 is 4.74 Å². The molecule has 1 aromatic heterocycles. The Labute approximate surface area is 200 Å². The molecule has 1 heterocycles. The van der Waals surface area contributed by atoms with E-state index >= 15 is 0 Å². The van der Waals surface area contributed by atoms with Crippen LogP contribution in [0.1, 0.15) is 22.3 Å². The lowest BCUT2D eigenvalue weighted by atomic mass is 9.97. The van der Waals surface area contributed by atoms with Gasteiger partial charge < -0.3 is 14.3 Å². The van der Waals surface area contributed by atoms with E-state index in [1.807, 2.05) is 62.4 Å². The standard InChI is InChI=1S/C27H21BrN2O3/c1-16-4-8-19(9-5-16)24-21(14-29)27(33-26(24)20-10-6-17(2)7-11-20)30-15-18-12-22(28)25(31)23(13-18)32-3/h4-13,15,31H,1-3H3. The predicted octanol–water partition coefficient (Wildman–Crippen LogP) is 7.33. The molecule has 0 aliphatic carbocycles. The summed E-state index contributed by atoms with van der Waals surface area (Å²) in [5.74, 6) is 1.12. The first-order chi connectivity index (χ1) is 15.9. The van der Waals surface area contributed by atoms with E-state index in [2.05, 4.69) is 27.0 Å². The molecule has 4 aromatic rings. The van der Waals surface area contributed by atoms with E-state index < -0.39 is 0 Å². The molecule has 1 N–H and O–H groups in total. The molecule has 0 radical (unpaired) electrons. The number of hydrogen-bond donors (Lipinski definition) is 1. The predicted molar refractivity (Wildman–Crippen MR) is 133 cm³/mol. The smallest absolute Gasteiger partial charge is 0.238 e. The first-order valence-corrected chi connectivity index (χ1v) is 11.0. The Balaban J connectivity index is 1.87. The molecule has 4 rings (SSSR count). The Hall–Kier alpha value is -3.82. The SMILES string of the molecule is COc1cc(C=Nc2oc(-c3ccc(C)cc3)c(-c3ccc(C)cc3)c2C#N)cc(Br)c1O. The number of phenols is 1. The molecule has 0 spiro atoms. The summed E-state index contributed by atoms with van der Waals surface area (Å²) in [4.78, 5) is 4.49. The highest BCUT2D eigenvalue weighted by Crippen LogP contribution is 2.43. The number of furan rings is 1. The highest BCUT2D eigenvalue weighted by molar-refractivity contribution is 9.10. The largest absolute Gasteiger partial charge is 0.503 e. The maximum absolute atomic E-state index is 10.0. The Bertz CT molecular complexity index is 1380. The zero-order valence-corrected chi connectivity index (χ0v) is 20.0. The first kappa shape index (κ1) is 22.4. The third-order valence-electron chi connectivity index (χ3n) is 5.26. The minimum atomic E-state index is 0.00803. The van der Waals surface area contributed by atoms with Crippen LogP contribution in [-0.4, -0.2) is 18.4 Å². The topological polar surface area (TPSA) is 78.8 Å². The fourth-order valence-electron chi connectivity index (χ4n) is 3.47. The van der Waals surface area contributed by atoms with Gasteiger partial charge in [-0.2, -0.15) is 5.26 Å². The van der Waals surface area contributed by atoms with E-state index in [4.69, 9.17) is 9.15 Å². The average Bonchev–Trinajstić information content (AvgIpc) is 3.19. The van der Waals surface area contributed by atoms with Gasteiger partial charge in [-0.25, -0.2) is 4.99 Å². The monoisotopic (exact) mass is 500 g/mol. The van der Waals surface area contributed by atoms with E-state index in [-0.39, 0.29) is 11.6 Å².